The first-order valence-corrected chi connectivity index (χ1v) is 7.21. The molecule has 1 N–H and O–H groups in total. The first-order valence-electron chi connectivity index (χ1n) is 6.33. The van der Waals surface area contributed by atoms with E-state index in [0.717, 1.165) is 22.6 Å². The van der Waals surface area contributed by atoms with E-state index in [1.807, 2.05) is 0 Å². The Kier molecular flexibility index (Phi) is 4.89. The largest absolute Gasteiger partial charge is 0.462 e. The van der Waals surface area contributed by atoms with Gasteiger partial charge in [-0.05, 0) is 36.8 Å². The van der Waals surface area contributed by atoms with E-state index in [-0.39, 0.29) is 11.0 Å². The van der Waals surface area contributed by atoms with Gasteiger partial charge in [-0.15, -0.1) is 0 Å². The van der Waals surface area contributed by atoms with Crippen LogP contribution in [0.1, 0.15) is 22.8 Å². The highest BCUT2D eigenvalue weighted by molar-refractivity contribution is 7.13. The SMILES string of the molecule is CCOC(=O)c1ccc(NCc2csc([N+](=O)[O-])c2)cc1. The van der Waals surface area contributed by atoms with E-state index in [9.17, 15) is 14.9 Å². The maximum Gasteiger partial charge on any atom is 0.338 e. The van der Waals surface area contributed by atoms with Crippen LogP contribution in [-0.4, -0.2) is 17.5 Å². The highest BCUT2D eigenvalue weighted by Gasteiger charge is 2.09. The van der Waals surface area contributed by atoms with Crippen molar-refractivity contribution in [2.24, 2.45) is 0 Å². The van der Waals surface area contributed by atoms with Crippen molar-refractivity contribution < 1.29 is 14.5 Å². The highest BCUT2D eigenvalue weighted by atomic mass is 32.1. The number of carbonyl (C=O) groups is 1. The molecule has 0 fully saturated rings. The maximum atomic E-state index is 11.5. The Labute approximate surface area is 125 Å². The second-order valence-electron chi connectivity index (χ2n) is 4.20. The molecule has 0 atom stereocenters. The van der Waals surface area contributed by atoms with Crippen LogP contribution >= 0.6 is 11.3 Å². The van der Waals surface area contributed by atoms with Gasteiger partial charge in [-0.25, -0.2) is 4.79 Å². The van der Waals surface area contributed by atoms with Crippen molar-refractivity contribution in [3.8, 4) is 0 Å². The van der Waals surface area contributed by atoms with Crippen LogP contribution in [0.4, 0.5) is 10.7 Å². The average Bonchev–Trinajstić information content (AvgIpc) is 2.95. The van der Waals surface area contributed by atoms with E-state index in [1.54, 1.807) is 42.6 Å². The monoisotopic (exact) mass is 306 g/mol. The van der Waals surface area contributed by atoms with Gasteiger partial charge < -0.3 is 10.1 Å². The highest BCUT2D eigenvalue weighted by Crippen LogP contribution is 2.23. The third-order valence-electron chi connectivity index (χ3n) is 2.71. The average molecular weight is 306 g/mol. The zero-order valence-electron chi connectivity index (χ0n) is 11.4. The molecule has 0 bridgehead atoms. The summed E-state index contributed by atoms with van der Waals surface area (Å²) in [6, 6.07) is 8.44. The summed E-state index contributed by atoms with van der Waals surface area (Å²) in [5.41, 5.74) is 2.17. The fraction of sp³-hybridized carbons (Fsp3) is 0.214. The molecule has 0 unspecified atom stereocenters. The molecule has 1 heterocycles. The molecule has 110 valence electrons. The molecule has 7 heteroatoms. The lowest BCUT2D eigenvalue weighted by Crippen LogP contribution is -2.05. The number of anilines is 1. The lowest BCUT2D eigenvalue weighted by molar-refractivity contribution is -0.380. The first-order chi connectivity index (χ1) is 10.1. The number of hydrogen-bond donors (Lipinski definition) is 1. The number of thiophene rings is 1. The maximum absolute atomic E-state index is 11.5. The summed E-state index contributed by atoms with van der Waals surface area (Å²) in [5, 5.41) is 15.6. The summed E-state index contributed by atoms with van der Waals surface area (Å²) < 4.78 is 4.90. The minimum Gasteiger partial charge on any atom is -0.462 e. The van der Waals surface area contributed by atoms with E-state index in [0.29, 0.717) is 18.7 Å². The van der Waals surface area contributed by atoms with E-state index < -0.39 is 4.92 Å². The summed E-state index contributed by atoms with van der Waals surface area (Å²) in [5.74, 6) is -0.350. The number of rotatable bonds is 6. The van der Waals surface area contributed by atoms with Gasteiger partial charge in [-0.1, -0.05) is 11.3 Å². The lowest BCUT2D eigenvalue weighted by Gasteiger charge is -2.06. The van der Waals surface area contributed by atoms with Crippen LogP contribution in [0.15, 0.2) is 35.7 Å². The van der Waals surface area contributed by atoms with Crippen molar-refractivity contribution in [1.82, 2.24) is 0 Å². The third kappa shape index (κ3) is 4.03. The molecule has 0 amide bonds. The minimum atomic E-state index is -0.400. The predicted octanol–water partition coefficient (Wildman–Crippen LogP) is 3.45. The zero-order chi connectivity index (χ0) is 15.2. The summed E-state index contributed by atoms with van der Waals surface area (Å²) in [7, 11) is 0. The van der Waals surface area contributed by atoms with Crippen molar-refractivity contribution in [2.75, 3.05) is 11.9 Å². The van der Waals surface area contributed by atoms with Crippen molar-refractivity contribution in [2.45, 2.75) is 13.5 Å². The molecule has 1 aromatic carbocycles. The fourth-order valence-electron chi connectivity index (χ4n) is 1.69. The molecule has 0 radical (unpaired) electrons. The van der Waals surface area contributed by atoms with Gasteiger partial charge >= 0.3 is 11.0 Å². The molecule has 0 saturated carbocycles. The van der Waals surface area contributed by atoms with Crippen molar-refractivity contribution >= 4 is 28.0 Å². The van der Waals surface area contributed by atoms with Gasteiger partial charge in [0.05, 0.1) is 17.1 Å². The van der Waals surface area contributed by atoms with Gasteiger partial charge in [0.25, 0.3) is 0 Å². The smallest absolute Gasteiger partial charge is 0.338 e. The Bertz CT molecular complexity index is 637. The summed E-state index contributed by atoms with van der Waals surface area (Å²) in [4.78, 5) is 21.7. The molecule has 0 saturated heterocycles. The number of hydrogen-bond acceptors (Lipinski definition) is 6. The molecule has 0 spiro atoms. The molecule has 0 aliphatic rings. The minimum absolute atomic E-state index is 0.129. The van der Waals surface area contributed by atoms with Gasteiger partial charge in [0.2, 0.25) is 0 Å². The predicted molar refractivity (Wildman–Crippen MR) is 80.7 cm³/mol. The number of ether oxygens (including phenoxy) is 1. The van der Waals surface area contributed by atoms with Crippen LogP contribution in [0.25, 0.3) is 0 Å². The first kappa shape index (κ1) is 15.0. The van der Waals surface area contributed by atoms with E-state index in [2.05, 4.69) is 5.32 Å². The Hall–Kier alpha value is -2.41. The molecular weight excluding hydrogens is 292 g/mol. The summed E-state index contributed by atoms with van der Waals surface area (Å²) in [6.07, 6.45) is 0. The number of esters is 1. The fourth-order valence-corrected chi connectivity index (χ4v) is 2.42. The number of carbonyl (C=O) groups excluding carboxylic acids is 1. The molecule has 6 nitrogen and oxygen atoms in total. The molecule has 0 aliphatic carbocycles. The van der Waals surface area contributed by atoms with E-state index in [4.69, 9.17) is 4.74 Å². The van der Waals surface area contributed by atoms with E-state index >= 15 is 0 Å². The van der Waals surface area contributed by atoms with Crippen LogP contribution in [-0.2, 0) is 11.3 Å². The van der Waals surface area contributed by atoms with Gasteiger partial charge in [-0.3, -0.25) is 10.1 Å². The Morgan fingerprint density at radius 2 is 2.10 bits per heavy atom. The number of nitrogens with one attached hydrogen (secondary N) is 1. The topological polar surface area (TPSA) is 81.5 Å². The summed E-state index contributed by atoms with van der Waals surface area (Å²) >= 11 is 1.10. The van der Waals surface area contributed by atoms with Crippen LogP contribution in [0.3, 0.4) is 0 Å². The Morgan fingerprint density at radius 1 is 1.38 bits per heavy atom. The quantitative estimate of drug-likeness (QED) is 0.502. The third-order valence-corrected chi connectivity index (χ3v) is 3.64. The van der Waals surface area contributed by atoms with Crippen LogP contribution in [0.5, 0.6) is 0 Å². The van der Waals surface area contributed by atoms with Crippen LogP contribution in [0, 0.1) is 10.1 Å². The van der Waals surface area contributed by atoms with E-state index in [1.165, 1.54) is 0 Å². The van der Waals surface area contributed by atoms with Crippen LogP contribution in [0.2, 0.25) is 0 Å². The number of nitrogens with zero attached hydrogens (tertiary/aromatic N) is 1. The van der Waals surface area contributed by atoms with Gasteiger partial charge in [0, 0.05) is 23.7 Å². The van der Waals surface area contributed by atoms with Crippen LogP contribution < -0.4 is 5.32 Å². The molecule has 2 aromatic rings. The molecular formula is C14H14N2O4S. The molecule has 1 aromatic heterocycles. The number of benzene rings is 1. The lowest BCUT2D eigenvalue weighted by atomic mass is 10.2. The Morgan fingerprint density at radius 3 is 2.67 bits per heavy atom. The molecule has 0 aliphatic heterocycles. The zero-order valence-corrected chi connectivity index (χ0v) is 12.2. The van der Waals surface area contributed by atoms with Gasteiger partial charge in [-0.2, -0.15) is 0 Å². The second-order valence-corrected chi connectivity index (χ2v) is 5.09. The van der Waals surface area contributed by atoms with Gasteiger partial charge in [0.15, 0.2) is 0 Å². The Balaban J connectivity index is 1.94. The second kappa shape index (κ2) is 6.85. The summed E-state index contributed by atoms with van der Waals surface area (Å²) in [6.45, 7) is 2.59. The molecule has 2 rings (SSSR count). The standard InChI is InChI=1S/C14H14N2O4S/c1-2-20-14(17)11-3-5-12(6-4-11)15-8-10-7-13(16(18)19)21-9-10/h3-7,9,15H,2,8H2,1H3. The van der Waals surface area contributed by atoms with Crippen molar-refractivity contribution in [3.63, 3.8) is 0 Å². The van der Waals surface area contributed by atoms with Gasteiger partial charge in [0.1, 0.15) is 0 Å². The molecule has 21 heavy (non-hydrogen) atoms. The normalized spacial score (nSPS) is 10.1. The van der Waals surface area contributed by atoms with Crippen molar-refractivity contribution in [1.29, 1.82) is 0 Å². The number of nitro groups is 1. The van der Waals surface area contributed by atoms with Crippen molar-refractivity contribution in [3.05, 3.63) is 57.0 Å².